The van der Waals surface area contributed by atoms with Crippen LogP contribution in [-0.4, -0.2) is 33.9 Å². The van der Waals surface area contributed by atoms with Gasteiger partial charge in [0, 0.05) is 37.9 Å². The predicted octanol–water partition coefficient (Wildman–Crippen LogP) is 3.18. The van der Waals surface area contributed by atoms with Gasteiger partial charge >= 0.3 is 0 Å². The number of aromatic nitrogens is 2. The Hall–Kier alpha value is -1.65. The van der Waals surface area contributed by atoms with Crippen molar-refractivity contribution in [2.24, 2.45) is 7.05 Å². The summed E-state index contributed by atoms with van der Waals surface area (Å²) in [4.78, 5) is 2.57. The topological polar surface area (TPSA) is 30.3 Å². The molecule has 0 amide bonds. The number of rotatable bonds is 2. The molecule has 3 heterocycles. The molecule has 2 aromatic rings. The molecule has 4 rings (SSSR count). The van der Waals surface area contributed by atoms with E-state index in [1.807, 2.05) is 17.9 Å². The van der Waals surface area contributed by atoms with Crippen LogP contribution in [0.5, 0.6) is 0 Å². The third-order valence-electron chi connectivity index (χ3n) is 5.70. The van der Waals surface area contributed by atoms with Crippen molar-refractivity contribution in [1.82, 2.24) is 14.7 Å². The van der Waals surface area contributed by atoms with Crippen LogP contribution in [0.15, 0.2) is 30.6 Å². The van der Waals surface area contributed by atoms with E-state index in [1.54, 1.807) is 0 Å². The van der Waals surface area contributed by atoms with Crippen LogP contribution >= 0.6 is 0 Å². The highest BCUT2D eigenvalue weighted by molar-refractivity contribution is 5.38. The molecule has 128 valence electrons. The molecule has 1 saturated heterocycles. The molecule has 2 atom stereocenters. The van der Waals surface area contributed by atoms with Crippen molar-refractivity contribution in [3.05, 3.63) is 52.8 Å². The zero-order valence-corrected chi connectivity index (χ0v) is 15.0. The number of benzene rings is 1. The van der Waals surface area contributed by atoms with Crippen LogP contribution in [0.2, 0.25) is 0 Å². The van der Waals surface area contributed by atoms with Gasteiger partial charge < -0.3 is 4.74 Å². The summed E-state index contributed by atoms with van der Waals surface area (Å²) < 4.78 is 8.30. The first kappa shape index (κ1) is 15.9. The fourth-order valence-corrected chi connectivity index (χ4v) is 4.42. The highest BCUT2D eigenvalue weighted by Crippen LogP contribution is 2.44. The van der Waals surface area contributed by atoms with Crippen molar-refractivity contribution in [2.75, 3.05) is 13.2 Å². The number of nitrogens with zero attached hydrogens (tertiary/aromatic N) is 3. The second-order valence-electron chi connectivity index (χ2n) is 7.55. The van der Waals surface area contributed by atoms with E-state index >= 15 is 0 Å². The number of piperidine rings is 1. The number of ether oxygens (including phenoxy) is 1. The second-order valence-corrected chi connectivity index (χ2v) is 7.55. The Morgan fingerprint density at radius 2 is 2.25 bits per heavy atom. The zero-order valence-electron chi connectivity index (χ0n) is 15.0. The maximum Gasteiger partial charge on any atom is 0.0961 e. The maximum absolute atomic E-state index is 6.42. The van der Waals surface area contributed by atoms with Gasteiger partial charge in [0.15, 0.2) is 0 Å². The van der Waals surface area contributed by atoms with Crippen LogP contribution in [0, 0.1) is 6.92 Å². The van der Waals surface area contributed by atoms with E-state index in [2.05, 4.69) is 48.2 Å². The molecule has 2 aliphatic heterocycles. The fourth-order valence-electron chi connectivity index (χ4n) is 4.42. The Balaban J connectivity index is 1.55. The summed E-state index contributed by atoms with van der Waals surface area (Å²) in [6.07, 6.45) is 7.29. The van der Waals surface area contributed by atoms with Gasteiger partial charge in [-0.3, -0.25) is 9.58 Å². The number of fused-ring (bicyclic) bond motifs is 2. The van der Waals surface area contributed by atoms with Crippen molar-refractivity contribution < 1.29 is 4.74 Å². The van der Waals surface area contributed by atoms with Crippen molar-refractivity contribution >= 4 is 0 Å². The van der Waals surface area contributed by atoms with Crippen molar-refractivity contribution in [2.45, 2.75) is 51.3 Å². The molecule has 1 aromatic heterocycles. The summed E-state index contributed by atoms with van der Waals surface area (Å²) in [5, 5.41) is 4.30. The lowest BCUT2D eigenvalue weighted by atomic mass is 9.76. The normalized spacial score (nSPS) is 27.4. The molecule has 0 radical (unpaired) electrons. The van der Waals surface area contributed by atoms with Gasteiger partial charge in [-0.1, -0.05) is 23.8 Å². The molecule has 1 fully saturated rings. The fraction of sp³-hybridized carbons (Fsp3) is 0.550. The first-order valence-electron chi connectivity index (χ1n) is 9.01. The summed E-state index contributed by atoms with van der Waals surface area (Å²) in [6, 6.07) is 7.41. The molecule has 0 saturated carbocycles. The molecule has 2 unspecified atom stereocenters. The highest BCUT2D eigenvalue weighted by atomic mass is 16.5. The quantitative estimate of drug-likeness (QED) is 0.849. The van der Waals surface area contributed by atoms with Crippen LogP contribution in [0.3, 0.4) is 0 Å². The molecule has 1 aromatic carbocycles. The molecule has 1 spiro atoms. The third kappa shape index (κ3) is 2.78. The molecule has 4 nitrogen and oxygen atoms in total. The van der Waals surface area contributed by atoms with E-state index in [-0.39, 0.29) is 5.60 Å². The Labute approximate surface area is 144 Å². The summed E-state index contributed by atoms with van der Waals surface area (Å²) in [5.41, 5.74) is 5.48. The standard InChI is InChI=1S/C20H27N3O/c1-15-4-5-18-6-9-24-20(19(18)10-15)7-8-23(16(2)11-20)14-17-12-21-22(3)13-17/h4-5,10,12-13,16H,6-9,11,14H2,1-3H3. The Kier molecular flexibility index (Phi) is 3.97. The van der Waals surface area contributed by atoms with Crippen molar-refractivity contribution in [3.63, 3.8) is 0 Å². The molecule has 0 aliphatic carbocycles. The Morgan fingerprint density at radius 3 is 3.00 bits per heavy atom. The first-order valence-corrected chi connectivity index (χ1v) is 9.01. The van der Waals surface area contributed by atoms with Gasteiger partial charge in [0.25, 0.3) is 0 Å². The molecule has 24 heavy (non-hydrogen) atoms. The zero-order chi connectivity index (χ0) is 16.7. The van der Waals surface area contributed by atoms with Gasteiger partial charge in [-0.2, -0.15) is 5.10 Å². The van der Waals surface area contributed by atoms with Gasteiger partial charge in [0.2, 0.25) is 0 Å². The van der Waals surface area contributed by atoms with E-state index in [9.17, 15) is 0 Å². The second kappa shape index (κ2) is 6.01. The lowest BCUT2D eigenvalue weighted by molar-refractivity contribution is -0.113. The number of likely N-dealkylation sites (tertiary alicyclic amines) is 1. The predicted molar refractivity (Wildman–Crippen MR) is 94.8 cm³/mol. The van der Waals surface area contributed by atoms with Crippen LogP contribution in [0.4, 0.5) is 0 Å². The van der Waals surface area contributed by atoms with Gasteiger partial charge in [-0.05, 0) is 44.2 Å². The lowest BCUT2D eigenvalue weighted by Gasteiger charge is -2.48. The first-order chi connectivity index (χ1) is 11.6. The van der Waals surface area contributed by atoms with Crippen molar-refractivity contribution in [1.29, 1.82) is 0 Å². The van der Waals surface area contributed by atoms with Gasteiger partial charge in [0.05, 0.1) is 18.4 Å². The van der Waals surface area contributed by atoms with E-state index in [0.717, 1.165) is 39.0 Å². The van der Waals surface area contributed by atoms with E-state index in [0.29, 0.717) is 6.04 Å². The average Bonchev–Trinajstić information content (AvgIpc) is 2.96. The van der Waals surface area contributed by atoms with E-state index in [4.69, 9.17) is 4.74 Å². The summed E-state index contributed by atoms with van der Waals surface area (Å²) in [5.74, 6) is 0. The van der Waals surface area contributed by atoms with Crippen molar-refractivity contribution in [3.8, 4) is 0 Å². The van der Waals surface area contributed by atoms with E-state index in [1.165, 1.54) is 22.3 Å². The van der Waals surface area contributed by atoms with Crippen LogP contribution in [0.25, 0.3) is 0 Å². The van der Waals surface area contributed by atoms with Gasteiger partial charge in [-0.25, -0.2) is 0 Å². The largest absolute Gasteiger partial charge is 0.370 e. The Morgan fingerprint density at radius 1 is 1.38 bits per heavy atom. The lowest BCUT2D eigenvalue weighted by Crippen LogP contribution is -2.50. The Bertz CT molecular complexity index is 738. The minimum Gasteiger partial charge on any atom is -0.370 e. The molecule has 2 aliphatic rings. The number of hydrogen-bond acceptors (Lipinski definition) is 3. The van der Waals surface area contributed by atoms with Crippen LogP contribution < -0.4 is 0 Å². The molecular weight excluding hydrogens is 298 g/mol. The summed E-state index contributed by atoms with van der Waals surface area (Å²) in [7, 11) is 1.98. The smallest absolute Gasteiger partial charge is 0.0961 e. The van der Waals surface area contributed by atoms with Gasteiger partial charge in [0.1, 0.15) is 0 Å². The van der Waals surface area contributed by atoms with Crippen LogP contribution in [-0.2, 0) is 30.4 Å². The molecular formula is C20H27N3O. The SMILES string of the molecule is Cc1ccc2c(c1)C1(CCN(Cc3cnn(C)c3)C(C)C1)OCC2. The van der Waals surface area contributed by atoms with E-state index < -0.39 is 0 Å². The number of aryl methyl sites for hydroxylation is 2. The molecule has 0 N–H and O–H groups in total. The average molecular weight is 325 g/mol. The molecule has 4 heteroatoms. The highest BCUT2D eigenvalue weighted by Gasteiger charge is 2.43. The minimum atomic E-state index is -0.0789. The minimum absolute atomic E-state index is 0.0789. The summed E-state index contributed by atoms with van der Waals surface area (Å²) in [6.45, 7) is 7.43. The molecule has 0 bridgehead atoms. The number of hydrogen-bond donors (Lipinski definition) is 0. The summed E-state index contributed by atoms with van der Waals surface area (Å²) >= 11 is 0. The maximum atomic E-state index is 6.42. The van der Waals surface area contributed by atoms with Gasteiger partial charge in [-0.15, -0.1) is 0 Å². The van der Waals surface area contributed by atoms with Crippen LogP contribution in [0.1, 0.15) is 42.0 Å². The third-order valence-corrected chi connectivity index (χ3v) is 5.70. The monoisotopic (exact) mass is 325 g/mol.